The van der Waals surface area contributed by atoms with E-state index in [9.17, 15) is 39.3 Å². The van der Waals surface area contributed by atoms with Crippen LogP contribution in [-0.2, 0) is 28.5 Å². The number of anilines is 2. The Balaban J connectivity index is 0.000000224. The van der Waals surface area contributed by atoms with E-state index in [-0.39, 0.29) is 35.4 Å². The Morgan fingerprint density at radius 2 is 1.30 bits per heavy atom. The number of aliphatic hydroxyl groups is 3. The lowest BCUT2D eigenvalue weighted by Crippen LogP contribution is -2.52. The number of thiazole rings is 2. The molecule has 23 heteroatoms. The third-order valence-corrected chi connectivity index (χ3v) is 11.8. The molecular formula is C38H38N8O13S2. The average molecular weight is 879 g/mol. The van der Waals surface area contributed by atoms with Crippen molar-refractivity contribution in [3.8, 4) is 0 Å². The molecule has 0 aliphatic carbocycles. The molecule has 2 aromatic carbocycles. The Morgan fingerprint density at radius 3 is 1.79 bits per heavy atom. The molecule has 2 aliphatic rings. The van der Waals surface area contributed by atoms with Gasteiger partial charge in [0.15, 0.2) is 35.5 Å². The molecular weight excluding hydrogens is 841 g/mol. The van der Waals surface area contributed by atoms with Crippen LogP contribution in [0.4, 0.5) is 11.9 Å². The number of nitrogens with zero attached hydrogens (tertiary/aromatic N) is 6. The van der Waals surface area contributed by atoms with Crippen LogP contribution in [0, 0.1) is 0 Å². The van der Waals surface area contributed by atoms with Gasteiger partial charge in [-0.3, -0.25) is 23.5 Å². The smallest absolute Gasteiger partial charge is 0.338 e. The van der Waals surface area contributed by atoms with E-state index in [1.165, 1.54) is 37.7 Å². The predicted octanol–water partition coefficient (Wildman–Crippen LogP) is 1.17. The molecule has 7 N–H and O–H groups in total. The van der Waals surface area contributed by atoms with Crippen molar-refractivity contribution < 1.29 is 53.4 Å². The fraction of sp³-hybridized carbons (Fsp3) is 0.342. The maximum absolute atomic E-state index is 13.2. The molecule has 6 heterocycles. The molecule has 8 rings (SSSR count). The molecule has 2 fully saturated rings. The number of nitrogen functional groups attached to an aromatic ring is 2. The van der Waals surface area contributed by atoms with Crippen LogP contribution in [0.3, 0.4) is 0 Å². The second-order valence-corrected chi connectivity index (χ2v) is 16.1. The Hall–Kier alpha value is -6.21. The highest BCUT2D eigenvalue weighted by atomic mass is 32.1. The van der Waals surface area contributed by atoms with Gasteiger partial charge in [0.1, 0.15) is 30.5 Å². The molecule has 0 unspecified atom stereocenters. The second-order valence-electron chi connectivity index (χ2n) is 14.1. The predicted molar refractivity (Wildman–Crippen MR) is 216 cm³/mol. The summed E-state index contributed by atoms with van der Waals surface area (Å²) < 4.78 is 31.9. The number of aliphatic hydroxyl groups excluding tert-OH is 2. The van der Waals surface area contributed by atoms with E-state index < -0.39 is 82.3 Å². The first kappa shape index (κ1) is 42.9. The van der Waals surface area contributed by atoms with Crippen molar-refractivity contribution in [2.75, 3.05) is 24.7 Å². The molecule has 2 saturated heterocycles. The summed E-state index contributed by atoms with van der Waals surface area (Å²) in [6, 6.07) is 16.4. The maximum atomic E-state index is 13.2. The number of carbonyl (C=O) groups excluding carboxylic acids is 3. The van der Waals surface area contributed by atoms with Crippen LogP contribution in [0.15, 0.2) is 82.6 Å². The van der Waals surface area contributed by atoms with Crippen LogP contribution in [0.2, 0.25) is 0 Å². The highest BCUT2D eigenvalue weighted by molar-refractivity contribution is 7.16. The number of esters is 3. The van der Waals surface area contributed by atoms with Crippen LogP contribution in [0.1, 0.15) is 53.9 Å². The number of hydrogen-bond acceptors (Lipinski definition) is 21. The Labute approximate surface area is 351 Å². The molecule has 21 nitrogen and oxygen atoms in total. The number of rotatable bonds is 9. The third kappa shape index (κ3) is 8.31. The van der Waals surface area contributed by atoms with E-state index in [0.29, 0.717) is 15.0 Å². The monoisotopic (exact) mass is 878 g/mol. The van der Waals surface area contributed by atoms with E-state index >= 15 is 0 Å². The summed E-state index contributed by atoms with van der Waals surface area (Å²) in [7, 11) is 0. The van der Waals surface area contributed by atoms with Crippen molar-refractivity contribution in [3.05, 3.63) is 104 Å². The molecule has 8 atom stereocenters. The molecule has 61 heavy (non-hydrogen) atoms. The van der Waals surface area contributed by atoms with Crippen molar-refractivity contribution >= 4 is 73.2 Å². The van der Waals surface area contributed by atoms with Gasteiger partial charge in [-0.2, -0.15) is 9.97 Å². The molecule has 4 aromatic heterocycles. The maximum Gasteiger partial charge on any atom is 0.338 e. The number of hydrogen-bond donors (Lipinski definition) is 5. The number of fused-ring (bicyclic) bond motifs is 2. The fourth-order valence-electron chi connectivity index (χ4n) is 6.85. The standard InChI is InChI=1S/C27H24N4O8S.C11H14N4O5S/c1-15(32)39-27(2)19(14-36-23(33)16-9-5-3-6-10-16)37-22(20(27)38-24(34)17-11-7-4-8-12-17)31-21-18(40-26(31)35)13-29-25(28)30-21;1-11(19)5(3-16)20-8(6(11)17)15-7-4(21-10(15)18)2-13-9(12)14-7/h3-13,19-20,22H,14H2,1-2H3,(H2,28,29,30);2,5-6,8,16-17,19H,3H2,1H3,(H2,12,13,14)/t19-,20+,22-,27-;5-,6+,8-,11-/m11/s1. The van der Waals surface area contributed by atoms with Gasteiger partial charge in [-0.05, 0) is 38.1 Å². The Morgan fingerprint density at radius 1 is 0.803 bits per heavy atom. The Bertz CT molecular complexity index is 2710. The number of carbonyl (C=O) groups is 3. The number of benzene rings is 2. The number of aromatic nitrogens is 6. The lowest BCUT2D eigenvalue weighted by molar-refractivity contribution is -0.172. The van der Waals surface area contributed by atoms with Gasteiger partial charge in [0, 0.05) is 6.92 Å². The minimum atomic E-state index is -1.69. The van der Waals surface area contributed by atoms with Crippen molar-refractivity contribution in [1.29, 1.82) is 0 Å². The van der Waals surface area contributed by atoms with Gasteiger partial charge >= 0.3 is 27.7 Å². The Kier molecular flexibility index (Phi) is 12.0. The summed E-state index contributed by atoms with van der Waals surface area (Å²) in [4.78, 5) is 78.5. The zero-order chi connectivity index (χ0) is 43.8. The van der Waals surface area contributed by atoms with Gasteiger partial charge in [0.25, 0.3) is 0 Å². The molecule has 0 bridgehead atoms. The first-order valence-corrected chi connectivity index (χ1v) is 19.9. The molecule has 6 aromatic rings. The van der Waals surface area contributed by atoms with Crippen LogP contribution in [0.5, 0.6) is 0 Å². The van der Waals surface area contributed by atoms with Crippen molar-refractivity contribution in [2.24, 2.45) is 0 Å². The lowest BCUT2D eigenvalue weighted by atomic mass is 9.93. The van der Waals surface area contributed by atoms with Crippen LogP contribution < -0.4 is 21.2 Å². The summed E-state index contributed by atoms with van der Waals surface area (Å²) in [6.45, 7) is 3.13. The lowest BCUT2D eigenvalue weighted by Gasteiger charge is -2.33. The zero-order valence-corrected chi connectivity index (χ0v) is 34.0. The highest BCUT2D eigenvalue weighted by Gasteiger charge is 2.61. The van der Waals surface area contributed by atoms with Crippen LogP contribution in [-0.4, -0.2) is 111 Å². The molecule has 0 spiro atoms. The van der Waals surface area contributed by atoms with Gasteiger partial charge < -0.3 is 50.5 Å². The summed E-state index contributed by atoms with van der Waals surface area (Å²) in [5.41, 5.74) is 8.80. The summed E-state index contributed by atoms with van der Waals surface area (Å²) in [5.74, 6) is -2.21. The molecule has 0 radical (unpaired) electrons. The number of ether oxygens (including phenoxy) is 5. The summed E-state index contributed by atoms with van der Waals surface area (Å²) in [5, 5.41) is 29.7. The normalized spacial score (nSPS) is 25.8. The largest absolute Gasteiger partial charge is 0.459 e. The van der Waals surface area contributed by atoms with Gasteiger partial charge in [0.2, 0.25) is 11.9 Å². The van der Waals surface area contributed by atoms with Gasteiger partial charge in [-0.15, -0.1) is 0 Å². The third-order valence-electron chi connectivity index (χ3n) is 10.0. The van der Waals surface area contributed by atoms with Gasteiger partial charge in [-0.25, -0.2) is 19.6 Å². The van der Waals surface area contributed by atoms with E-state index in [0.717, 1.165) is 27.2 Å². The quantitative estimate of drug-likeness (QED) is 0.101. The minimum absolute atomic E-state index is 0.0213. The first-order chi connectivity index (χ1) is 29.0. The van der Waals surface area contributed by atoms with E-state index in [2.05, 4.69) is 19.9 Å². The fourth-order valence-corrected chi connectivity index (χ4v) is 8.49. The van der Waals surface area contributed by atoms with E-state index in [4.69, 9.17) is 35.2 Å². The molecule has 0 saturated carbocycles. The van der Waals surface area contributed by atoms with Gasteiger partial charge in [0.05, 0.1) is 39.5 Å². The first-order valence-electron chi connectivity index (χ1n) is 18.3. The topological polar surface area (TPSA) is 306 Å². The van der Waals surface area contributed by atoms with Crippen LogP contribution in [0.25, 0.3) is 20.7 Å². The van der Waals surface area contributed by atoms with Crippen molar-refractivity contribution in [2.45, 2.75) is 68.8 Å². The molecule has 2 aliphatic heterocycles. The second kappa shape index (κ2) is 17.0. The van der Waals surface area contributed by atoms with E-state index in [1.54, 1.807) is 60.7 Å². The highest BCUT2D eigenvalue weighted by Crippen LogP contribution is 2.43. The average Bonchev–Trinajstić information content (AvgIpc) is 3.89. The minimum Gasteiger partial charge on any atom is -0.459 e. The zero-order valence-electron chi connectivity index (χ0n) is 32.4. The summed E-state index contributed by atoms with van der Waals surface area (Å²) >= 11 is 1.71. The van der Waals surface area contributed by atoms with Crippen LogP contribution >= 0.6 is 22.7 Å². The molecule has 320 valence electrons. The van der Waals surface area contributed by atoms with Crippen molar-refractivity contribution in [1.82, 2.24) is 29.1 Å². The SMILES string of the molecule is CC(=O)O[C@]1(C)[C@@H](COC(=O)c2ccccc2)O[C@@H](n2c(=O)sc3cnc(N)nc32)[C@@H]1OC(=O)c1ccccc1.C[C@@]1(O)[C@@H](CO)O[C@@H](n2c(=O)sc3cnc(N)nc32)[C@@H]1O. The molecule has 0 amide bonds. The number of nitrogens with two attached hydrogens (primary N) is 2. The summed E-state index contributed by atoms with van der Waals surface area (Å²) in [6.07, 6.45) is -4.62. The van der Waals surface area contributed by atoms with Gasteiger partial charge in [-0.1, -0.05) is 59.1 Å². The van der Waals surface area contributed by atoms with E-state index in [1.807, 2.05) is 0 Å². The van der Waals surface area contributed by atoms with Crippen molar-refractivity contribution in [3.63, 3.8) is 0 Å².